The molecule has 1 aliphatic heterocycles. The first-order valence-electron chi connectivity index (χ1n) is 11.4. The van der Waals surface area contributed by atoms with Gasteiger partial charge in [-0.05, 0) is 47.4 Å². The number of carbonyl (C=O) groups excluding carboxylic acids is 1. The highest BCUT2D eigenvalue weighted by Gasteiger charge is 2.22. The molecule has 1 fully saturated rings. The first-order valence-corrected chi connectivity index (χ1v) is 12.2. The van der Waals surface area contributed by atoms with E-state index in [4.69, 9.17) is 4.98 Å². The zero-order chi connectivity index (χ0) is 23.3. The number of rotatable bonds is 5. The van der Waals surface area contributed by atoms with E-state index in [0.717, 1.165) is 53.7 Å². The molecule has 1 amide bonds. The van der Waals surface area contributed by atoms with Crippen molar-refractivity contribution in [1.29, 1.82) is 0 Å². The van der Waals surface area contributed by atoms with Gasteiger partial charge in [0, 0.05) is 49.7 Å². The molecular formula is C27H25FN4OS. The van der Waals surface area contributed by atoms with Crippen LogP contribution in [0.3, 0.4) is 0 Å². The molecule has 4 aromatic rings. The van der Waals surface area contributed by atoms with Gasteiger partial charge in [-0.1, -0.05) is 54.6 Å². The summed E-state index contributed by atoms with van der Waals surface area (Å²) in [6.07, 6.45) is 1.45. The number of benzene rings is 3. The maximum atomic E-state index is 13.1. The summed E-state index contributed by atoms with van der Waals surface area (Å²) in [5.74, 6) is 0.560. The second-order valence-electron chi connectivity index (χ2n) is 8.37. The van der Waals surface area contributed by atoms with Crippen molar-refractivity contribution < 1.29 is 9.18 Å². The Balaban J connectivity index is 1.20. The Labute approximate surface area is 202 Å². The summed E-state index contributed by atoms with van der Waals surface area (Å²) in [5, 5.41) is 0.874. The maximum Gasteiger partial charge on any atom is 0.253 e. The molecule has 7 heteroatoms. The minimum Gasteiger partial charge on any atom is -0.345 e. The smallest absolute Gasteiger partial charge is 0.253 e. The summed E-state index contributed by atoms with van der Waals surface area (Å²) in [4.78, 5) is 22.0. The fraction of sp³-hybridized carbons (Fsp3) is 0.222. The van der Waals surface area contributed by atoms with E-state index in [1.54, 1.807) is 12.1 Å². The molecule has 1 saturated heterocycles. The topological polar surface area (TPSA) is 49.3 Å². The second-order valence-corrected chi connectivity index (χ2v) is 9.10. The molecule has 3 aromatic carbocycles. The van der Waals surface area contributed by atoms with Crippen LogP contribution in [0.25, 0.3) is 11.1 Å². The molecular weight excluding hydrogens is 447 g/mol. The Morgan fingerprint density at radius 3 is 2.35 bits per heavy atom. The first kappa shape index (κ1) is 22.2. The van der Waals surface area contributed by atoms with E-state index in [-0.39, 0.29) is 11.7 Å². The van der Waals surface area contributed by atoms with E-state index in [1.807, 2.05) is 47.4 Å². The van der Waals surface area contributed by atoms with Crippen LogP contribution in [0.2, 0.25) is 0 Å². The van der Waals surface area contributed by atoms with Crippen LogP contribution in [0.15, 0.2) is 78.9 Å². The van der Waals surface area contributed by atoms with Gasteiger partial charge in [-0.2, -0.15) is 4.37 Å². The molecule has 0 saturated carbocycles. The summed E-state index contributed by atoms with van der Waals surface area (Å²) >= 11 is 1.38. The number of amides is 1. The van der Waals surface area contributed by atoms with Crippen LogP contribution in [0.1, 0.15) is 28.2 Å². The third-order valence-electron chi connectivity index (χ3n) is 6.03. The van der Waals surface area contributed by atoms with E-state index < -0.39 is 0 Å². The Kier molecular flexibility index (Phi) is 6.62. The summed E-state index contributed by atoms with van der Waals surface area (Å²) in [6.45, 7) is 2.92. The van der Waals surface area contributed by atoms with Gasteiger partial charge >= 0.3 is 0 Å². The lowest BCUT2D eigenvalue weighted by Crippen LogP contribution is -2.35. The van der Waals surface area contributed by atoms with E-state index in [1.165, 1.54) is 23.7 Å². The number of halogens is 1. The maximum absolute atomic E-state index is 13.1. The van der Waals surface area contributed by atoms with Gasteiger partial charge in [-0.25, -0.2) is 9.37 Å². The molecule has 2 heterocycles. The quantitative estimate of drug-likeness (QED) is 0.396. The predicted octanol–water partition coefficient (Wildman–Crippen LogP) is 5.29. The number of aromatic nitrogens is 2. The third-order valence-corrected chi connectivity index (χ3v) is 6.84. The molecule has 0 unspecified atom stereocenters. The van der Waals surface area contributed by atoms with Gasteiger partial charge < -0.3 is 9.80 Å². The lowest BCUT2D eigenvalue weighted by Gasteiger charge is -2.21. The van der Waals surface area contributed by atoms with Crippen molar-refractivity contribution in [2.45, 2.75) is 12.8 Å². The second kappa shape index (κ2) is 10.1. The van der Waals surface area contributed by atoms with Crippen molar-refractivity contribution >= 4 is 22.6 Å². The minimum absolute atomic E-state index is 0.0655. The van der Waals surface area contributed by atoms with Crippen LogP contribution in [0.4, 0.5) is 9.52 Å². The molecule has 5 nitrogen and oxygen atoms in total. The van der Waals surface area contributed by atoms with Crippen molar-refractivity contribution in [1.82, 2.24) is 14.3 Å². The van der Waals surface area contributed by atoms with Crippen molar-refractivity contribution in [3.63, 3.8) is 0 Å². The zero-order valence-corrected chi connectivity index (χ0v) is 19.5. The fourth-order valence-corrected chi connectivity index (χ4v) is 4.90. The first-order chi connectivity index (χ1) is 16.7. The Hall–Kier alpha value is -3.58. The molecule has 0 N–H and O–H groups in total. The van der Waals surface area contributed by atoms with Crippen LogP contribution in [0.5, 0.6) is 0 Å². The number of hydrogen-bond donors (Lipinski definition) is 0. The molecule has 0 bridgehead atoms. The standard InChI is InChI=1S/C27H25FN4OS/c28-24-13-7-20(8-14-24)19-25-29-27(34-30-25)32-16-4-15-31(17-18-32)26(33)23-11-9-22(10-12-23)21-5-2-1-3-6-21/h1-3,5-14H,4,15-19H2. The Bertz CT molecular complexity index is 1240. The molecule has 172 valence electrons. The molecule has 0 atom stereocenters. The van der Waals surface area contributed by atoms with E-state index in [9.17, 15) is 9.18 Å². The number of anilines is 1. The van der Waals surface area contributed by atoms with Crippen LogP contribution in [-0.2, 0) is 6.42 Å². The van der Waals surface area contributed by atoms with Crippen molar-refractivity contribution in [2.75, 3.05) is 31.1 Å². The van der Waals surface area contributed by atoms with Gasteiger partial charge in [0.25, 0.3) is 5.91 Å². The van der Waals surface area contributed by atoms with Crippen LogP contribution in [0, 0.1) is 5.82 Å². The van der Waals surface area contributed by atoms with Crippen LogP contribution in [-0.4, -0.2) is 46.3 Å². The molecule has 5 rings (SSSR count). The van der Waals surface area contributed by atoms with Crippen molar-refractivity contribution in [3.8, 4) is 11.1 Å². The largest absolute Gasteiger partial charge is 0.345 e. The monoisotopic (exact) mass is 472 g/mol. The zero-order valence-electron chi connectivity index (χ0n) is 18.7. The highest BCUT2D eigenvalue weighted by molar-refractivity contribution is 7.09. The van der Waals surface area contributed by atoms with Gasteiger partial charge in [-0.15, -0.1) is 0 Å². The average Bonchev–Trinajstić information content (AvgIpc) is 3.20. The van der Waals surface area contributed by atoms with Crippen LogP contribution >= 0.6 is 11.5 Å². The average molecular weight is 473 g/mol. The summed E-state index contributed by atoms with van der Waals surface area (Å²) < 4.78 is 17.6. The predicted molar refractivity (Wildman–Crippen MR) is 134 cm³/mol. The SMILES string of the molecule is O=C(c1ccc(-c2ccccc2)cc1)N1CCCN(c2nc(Cc3ccc(F)cc3)ns2)CC1. The Morgan fingerprint density at radius 1 is 0.853 bits per heavy atom. The molecule has 1 aliphatic rings. The lowest BCUT2D eigenvalue weighted by atomic mass is 10.0. The van der Waals surface area contributed by atoms with Gasteiger partial charge in [0.05, 0.1) is 0 Å². The number of nitrogens with zero attached hydrogens (tertiary/aromatic N) is 4. The normalized spacial score (nSPS) is 14.1. The van der Waals surface area contributed by atoms with Gasteiger partial charge in [0.1, 0.15) is 11.6 Å². The lowest BCUT2D eigenvalue weighted by molar-refractivity contribution is 0.0767. The Morgan fingerprint density at radius 2 is 1.59 bits per heavy atom. The van der Waals surface area contributed by atoms with Crippen molar-refractivity contribution in [3.05, 3.63) is 102 Å². The fourth-order valence-electron chi connectivity index (χ4n) is 4.16. The number of hydrogen-bond acceptors (Lipinski definition) is 5. The van der Waals surface area contributed by atoms with E-state index >= 15 is 0 Å². The summed E-state index contributed by atoms with van der Waals surface area (Å²) in [6, 6.07) is 24.5. The molecule has 0 spiro atoms. The highest BCUT2D eigenvalue weighted by Crippen LogP contribution is 2.23. The highest BCUT2D eigenvalue weighted by atomic mass is 32.1. The molecule has 1 aromatic heterocycles. The van der Waals surface area contributed by atoms with E-state index in [2.05, 4.69) is 21.4 Å². The van der Waals surface area contributed by atoms with Crippen LogP contribution < -0.4 is 4.90 Å². The van der Waals surface area contributed by atoms with Crippen molar-refractivity contribution in [2.24, 2.45) is 0 Å². The van der Waals surface area contributed by atoms with E-state index in [0.29, 0.717) is 18.5 Å². The molecule has 34 heavy (non-hydrogen) atoms. The van der Waals surface area contributed by atoms with Gasteiger partial charge in [-0.3, -0.25) is 4.79 Å². The third kappa shape index (κ3) is 5.15. The van der Waals surface area contributed by atoms with Gasteiger partial charge in [0.15, 0.2) is 0 Å². The van der Waals surface area contributed by atoms with Gasteiger partial charge in [0.2, 0.25) is 5.13 Å². The molecule has 0 radical (unpaired) electrons. The molecule has 0 aliphatic carbocycles. The summed E-state index contributed by atoms with van der Waals surface area (Å²) in [5.41, 5.74) is 3.94. The minimum atomic E-state index is -0.244. The summed E-state index contributed by atoms with van der Waals surface area (Å²) in [7, 11) is 0. The number of carbonyl (C=O) groups is 1.